The van der Waals surface area contributed by atoms with E-state index in [0.29, 0.717) is 31.1 Å². The highest BCUT2D eigenvalue weighted by molar-refractivity contribution is 5.79. The molecule has 0 spiro atoms. The van der Waals surface area contributed by atoms with E-state index in [2.05, 4.69) is 62.3 Å². The van der Waals surface area contributed by atoms with Crippen molar-refractivity contribution in [2.24, 2.45) is 29.6 Å². The summed E-state index contributed by atoms with van der Waals surface area (Å²) >= 11 is 0. The summed E-state index contributed by atoms with van der Waals surface area (Å²) in [5.74, 6) is 1.17. The molecule has 0 amide bonds. The number of carbonyl (C=O) groups is 2. The first kappa shape index (κ1) is 35.2. The lowest BCUT2D eigenvalue weighted by Crippen LogP contribution is -2.56. The number of rotatable bonds is 16. The van der Waals surface area contributed by atoms with E-state index >= 15 is 0 Å². The van der Waals surface area contributed by atoms with Crippen molar-refractivity contribution >= 4 is 11.8 Å². The van der Waals surface area contributed by atoms with Crippen LogP contribution in [-0.4, -0.2) is 61.3 Å². The average Bonchev–Trinajstić information content (AvgIpc) is 2.90. The number of unbranched alkanes of at least 4 members (excludes halogenated alkanes) is 3. The van der Waals surface area contributed by atoms with Gasteiger partial charge in [-0.05, 0) is 56.8 Å². The molecule has 40 heavy (non-hydrogen) atoms. The number of ether oxygens (including phenoxy) is 5. The molecule has 0 saturated carbocycles. The molecule has 10 unspecified atom stereocenters. The fourth-order valence-electron chi connectivity index (χ4n) is 6.16. The van der Waals surface area contributed by atoms with Gasteiger partial charge in [0.15, 0.2) is 6.29 Å². The van der Waals surface area contributed by atoms with Crippen molar-refractivity contribution in [3.63, 3.8) is 0 Å². The quantitative estimate of drug-likeness (QED) is 0.145. The Labute approximate surface area is 244 Å². The lowest BCUT2D eigenvalue weighted by atomic mass is 9.77. The highest BCUT2D eigenvalue weighted by Crippen LogP contribution is 2.41. The van der Waals surface area contributed by atoms with Crippen molar-refractivity contribution in [3.8, 4) is 0 Å². The summed E-state index contributed by atoms with van der Waals surface area (Å²) in [4.78, 5) is 24.8. The summed E-state index contributed by atoms with van der Waals surface area (Å²) in [6.45, 7) is 21.7. The van der Waals surface area contributed by atoms with Crippen LogP contribution < -0.4 is 0 Å². The van der Waals surface area contributed by atoms with Crippen LogP contribution in [0.25, 0.3) is 0 Å². The van der Waals surface area contributed by atoms with Gasteiger partial charge in [-0.15, -0.1) is 0 Å². The van der Waals surface area contributed by atoms with Crippen molar-refractivity contribution in [1.29, 1.82) is 0 Å². The zero-order valence-corrected chi connectivity index (χ0v) is 27.2. The van der Waals surface area contributed by atoms with Crippen molar-refractivity contribution in [3.05, 3.63) is 0 Å². The standard InChI is InChI=1S/C33H60O7/c1-11-13-14-15-18-37-33(9,10)17-16-27(35)19-29-23(5)24(6)31(30(38-29)20-36-26(8)34)40-32-25(7)21(3)22(4)28(12-2)39-32/h21-25,28-32H,11-20H2,1-10H3. The summed E-state index contributed by atoms with van der Waals surface area (Å²) in [6.07, 6.45) is 5.89. The van der Waals surface area contributed by atoms with Crippen LogP contribution in [0.3, 0.4) is 0 Å². The van der Waals surface area contributed by atoms with Crippen LogP contribution in [0, 0.1) is 29.6 Å². The maximum Gasteiger partial charge on any atom is 0.302 e. The Morgan fingerprint density at radius 3 is 2.10 bits per heavy atom. The van der Waals surface area contributed by atoms with E-state index in [1.54, 1.807) is 0 Å². The molecule has 0 aromatic rings. The summed E-state index contributed by atoms with van der Waals surface area (Å²) in [5, 5.41) is 0. The maximum absolute atomic E-state index is 13.1. The SMILES string of the molecule is CCCCCCOC(C)(C)CCC(=O)CC1OC(COC(C)=O)C(OC2OC(CC)C(C)C(C)C2C)C(C)C1C. The molecular weight excluding hydrogens is 508 g/mol. The molecule has 2 aliphatic rings. The molecule has 0 aliphatic carbocycles. The third-order valence-electron chi connectivity index (χ3n) is 9.70. The first-order chi connectivity index (χ1) is 18.8. The maximum atomic E-state index is 13.1. The Kier molecular flexibility index (Phi) is 14.6. The molecule has 0 bridgehead atoms. The Bertz CT molecular complexity index is 766. The molecule has 0 aromatic carbocycles. The monoisotopic (exact) mass is 568 g/mol. The smallest absolute Gasteiger partial charge is 0.302 e. The first-order valence-electron chi connectivity index (χ1n) is 16.1. The van der Waals surface area contributed by atoms with Gasteiger partial charge in [-0.2, -0.15) is 0 Å². The van der Waals surface area contributed by atoms with Crippen LogP contribution in [-0.2, 0) is 33.3 Å². The molecule has 2 aliphatic heterocycles. The molecule has 0 radical (unpaired) electrons. The number of ketones is 1. The van der Waals surface area contributed by atoms with Gasteiger partial charge in [-0.25, -0.2) is 0 Å². The van der Waals surface area contributed by atoms with Gasteiger partial charge in [0.25, 0.3) is 0 Å². The summed E-state index contributed by atoms with van der Waals surface area (Å²) in [5.41, 5.74) is -0.327. The minimum Gasteiger partial charge on any atom is -0.463 e. The average molecular weight is 569 g/mol. The highest BCUT2D eigenvalue weighted by Gasteiger charge is 2.47. The molecule has 0 aromatic heterocycles. The molecule has 2 saturated heterocycles. The van der Waals surface area contributed by atoms with E-state index < -0.39 is 6.10 Å². The van der Waals surface area contributed by atoms with Gasteiger partial charge < -0.3 is 23.7 Å². The second-order valence-electron chi connectivity index (χ2n) is 13.3. The number of carbonyl (C=O) groups excluding carboxylic acids is 2. The van der Waals surface area contributed by atoms with Crippen molar-refractivity contribution in [2.45, 2.75) is 157 Å². The Morgan fingerprint density at radius 2 is 1.48 bits per heavy atom. The Hall–Kier alpha value is -1.02. The van der Waals surface area contributed by atoms with Crippen LogP contribution in [0.1, 0.15) is 121 Å². The van der Waals surface area contributed by atoms with Crippen LogP contribution >= 0.6 is 0 Å². The van der Waals surface area contributed by atoms with E-state index in [9.17, 15) is 9.59 Å². The molecule has 2 rings (SSSR count). The lowest BCUT2D eigenvalue weighted by molar-refractivity contribution is -0.303. The van der Waals surface area contributed by atoms with Crippen molar-refractivity contribution in [2.75, 3.05) is 13.2 Å². The predicted octanol–water partition coefficient (Wildman–Crippen LogP) is 7.13. The second-order valence-corrected chi connectivity index (χ2v) is 13.3. The van der Waals surface area contributed by atoms with Gasteiger partial charge in [-0.1, -0.05) is 67.7 Å². The normalized spacial score (nSPS) is 35.0. The molecule has 0 N–H and O–H groups in total. The Balaban J connectivity index is 2.02. The van der Waals surface area contributed by atoms with Crippen LogP contribution in [0.2, 0.25) is 0 Å². The van der Waals surface area contributed by atoms with Gasteiger partial charge >= 0.3 is 5.97 Å². The largest absolute Gasteiger partial charge is 0.463 e. The van der Waals surface area contributed by atoms with Crippen molar-refractivity contribution in [1.82, 2.24) is 0 Å². The van der Waals surface area contributed by atoms with Gasteiger partial charge in [-0.3, -0.25) is 9.59 Å². The third kappa shape index (κ3) is 10.4. The second kappa shape index (κ2) is 16.6. The molecule has 10 atom stereocenters. The fourth-order valence-corrected chi connectivity index (χ4v) is 6.16. The van der Waals surface area contributed by atoms with Gasteiger partial charge in [0.1, 0.15) is 18.5 Å². The minimum absolute atomic E-state index is 0.0977. The van der Waals surface area contributed by atoms with E-state index in [1.165, 1.54) is 26.2 Å². The molecule has 2 fully saturated rings. The minimum atomic E-state index is -0.457. The number of esters is 1. The molecule has 234 valence electrons. The zero-order valence-electron chi connectivity index (χ0n) is 27.2. The predicted molar refractivity (Wildman–Crippen MR) is 158 cm³/mol. The number of hydrogen-bond acceptors (Lipinski definition) is 7. The third-order valence-corrected chi connectivity index (χ3v) is 9.70. The topological polar surface area (TPSA) is 80.3 Å². The van der Waals surface area contributed by atoms with E-state index in [1.807, 2.05) is 0 Å². The van der Waals surface area contributed by atoms with Gasteiger partial charge in [0, 0.05) is 32.3 Å². The Morgan fingerprint density at radius 1 is 0.800 bits per heavy atom. The molecule has 7 heteroatoms. The van der Waals surface area contributed by atoms with E-state index in [-0.39, 0.29) is 66.3 Å². The molecule has 2 heterocycles. The van der Waals surface area contributed by atoms with Crippen LogP contribution in [0.4, 0.5) is 0 Å². The van der Waals surface area contributed by atoms with Gasteiger partial charge in [0.2, 0.25) is 0 Å². The first-order valence-corrected chi connectivity index (χ1v) is 16.1. The number of Topliss-reactive ketones (excluding diaryl/α,β-unsaturated/α-hetero) is 1. The lowest BCUT2D eigenvalue weighted by Gasteiger charge is -2.49. The highest BCUT2D eigenvalue weighted by atomic mass is 16.7. The zero-order chi connectivity index (χ0) is 30.0. The molecule has 7 nitrogen and oxygen atoms in total. The van der Waals surface area contributed by atoms with Crippen LogP contribution in [0.15, 0.2) is 0 Å². The number of hydrogen-bond donors (Lipinski definition) is 0. The fraction of sp³-hybridized carbons (Fsp3) is 0.939. The molecular formula is C33H60O7. The van der Waals surface area contributed by atoms with Crippen LogP contribution in [0.5, 0.6) is 0 Å². The summed E-state index contributed by atoms with van der Waals surface area (Å²) < 4.78 is 31.1. The van der Waals surface area contributed by atoms with E-state index in [4.69, 9.17) is 23.7 Å². The summed E-state index contributed by atoms with van der Waals surface area (Å²) in [7, 11) is 0. The van der Waals surface area contributed by atoms with Gasteiger partial charge in [0.05, 0.1) is 23.9 Å². The van der Waals surface area contributed by atoms with E-state index in [0.717, 1.165) is 19.4 Å². The summed E-state index contributed by atoms with van der Waals surface area (Å²) in [6, 6.07) is 0. The van der Waals surface area contributed by atoms with Crippen molar-refractivity contribution < 1.29 is 33.3 Å².